The minimum absolute atomic E-state index is 0.501. The van der Waals surface area contributed by atoms with Gasteiger partial charge in [-0.3, -0.25) is 0 Å². The molecule has 72 valence electrons. The summed E-state index contributed by atoms with van der Waals surface area (Å²) < 4.78 is 5.62. The van der Waals surface area contributed by atoms with Crippen LogP contribution in [-0.2, 0) is 0 Å². The lowest BCUT2D eigenvalue weighted by atomic mass is 10.1. The Bertz CT molecular complexity index is 655. The molecule has 0 amide bonds. The molecule has 0 saturated carbocycles. The molecule has 3 rings (SSSR count). The highest BCUT2D eigenvalue weighted by Gasteiger charge is 2.05. The van der Waals surface area contributed by atoms with E-state index >= 15 is 0 Å². The predicted octanol–water partition coefficient (Wildman–Crippen LogP) is 4.24. The predicted molar refractivity (Wildman–Crippen MR) is 59.2 cm³/mol. The zero-order valence-electron chi connectivity index (χ0n) is 7.84. The average Bonchev–Trinajstić information content (AvgIpc) is 2.66. The van der Waals surface area contributed by atoms with Crippen molar-refractivity contribution in [2.24, 2.45) is 5.11 Å². The first kappa shape index (κ1) is 8.17. The maximum absolute atomic E-state index is 8.66. The Kier molecular flexibility index (Phi) is 1.59. The number of fused-ring (bicyclic) bond motifs is 3. The molecule has 0 unspecified atom stereocenters. The minimum Gasteiger partial charge on any atom is -0.706 e. The summed E-state index contributed by atoms with van der Waals surface area (Å²) in [4.78, 5) is 0. The molecule has 0 bridgehead atoms. The molecule has 15 heavy (non-hydrogen) atoms. The SMILES string of the molecule is [N-]=Nc1ccc2c(c1)oc1ccccc12. The van der Waals surface area contributed by atoms with E-state index in [0.717, 1.165) is 21.9 Å². The first-order valence-corrected chi connectivity index (χ1v) is 4.65. The van der Waals surface area contributed by atoms with Crippen LogP contribution in [0, 0.1) is 0 Å². The fourth-order valence-corrected chi connectivity index (χ4v) is 1.78. The van der Waals surface area contributed by atoms with Crippen LogP contribution >= 0.6 is 0 Å². The van der Waals surface area contributed by atoms with Crippen LogP contribution in [0.3, 0.4) is 0 Å². The lowest BCUT2D eigenvalue weighted by Gasteiger charge is -1.95. The summed E-state index contributed by atoms with van der Waals surface area (Å²) >= 11 is 0. The normalized spacial score (nSPS) is 10.9. The highest BCUT2D eigenvalue weighted by atomic mass is 16.3. The summed E-state index contributed by atoms with van der Waals surface area (Å²) in [5.41, 5.74) is 10.7. The van der Waals surface area contributed by atoms with Crippen LogP contribution in [0.4, 0.5) is 5.69 Å². The molecular weight excluding hydrogens is 188 g/mol. The lowest BCUT2D eigenvalue weighted by Crippen LogP contribution is -1.65. The van der Waals surface area contributed by atoms with Gasteiger partial charge in [-0.2, -0.15) is 0 Å². The van der Waals surface area contributed by atoms with E-state index in [1.807, 2.05) is 30.3 Å². The molecule has 3 nitrogen and oxygen atoms in total. The highest BCUT2D eigenvalue weighted by Crippen LogP contribution is 2.30. The van der Waals surface area contributed by atoms with Crippen molar-refractivity contribution < 1.29 is 4.42 Å². The summed E-state index contributed by atoms with van der Waals surface area (Å²) in [6.45, 7) is 0. The van der Waals surface area contributed by atoms with Crippen LogP contribution < -0.4 is 0 Å². The molecule has 3 heteroatoms. The van der Waals surface area contributed by atoms with Gasteiger partial charge in [0.25, 0.3) is 0 Å². The molecule has 0 saturated heterocycles. The Hall–Kier alpha value is -2.16. The van der Waals surface area contributed by atoms with Crippen molar-refractivity contribution in [2.75, 3.05) is 0 Å². The number of benzene rings is 2. The van der Waals surface area contributed by atoms with Gasteiger partial charge in [-0.15, -0.1) is 0 Å². The summed E-state index contributed by atoms with van der Waals surface area (Å²) in [6.07, 6.45) is 0. The molecule has 2 aromatic carbocycles. The Morgan fingerprint density at radius 1 is 0.933 bits per heavy atom. The van der Waals surface area contributed by atoms with Gasteiger partial charge in [0.1, 0.15) is 11.2 Å². The second-order valence-corrected chi connectivity index (χ2v) is 3.38. The second-order valence-electron chi connectivity index (χ2n) is 3.38. The third-order valence-corrected chi connectivity index (χ3v) is 2.48. The zero-order chi connectivity index (χ0) is 10.3. The monoisotopic (exact) mass is 195 g/mol. The van der Waals surface area contributed by atoms with E-state index < -0.39 is 0 Å². The Morgan fingerprint density at radius 2 is 1.73 bits per heavy atom. The number of rotatable bonds is 1. The molecule has 1 aromatic heterocycles. The van der Waals surface area contributed by atoms with Gasteiger partial charge in [-0.05, 0) is 18.2 Å². The maximum atomic E-state index is 8.66. The standard InChI is InChI=1S/C12H7N2O/c13-14-8-5-6-10-9-3-1-2-4-11(9)15-12(10)7-8/h1-7H/q-1. The molecule has 0 aliphatic carbocycles. The van der Waals surface area contributed by atoms with Gasteiger partial charge >= 0.3 is 0 Å². The zero-order valence-corrected chi connectivity index (χ0v) is 7.84. The number of nitrogens with zero attached hydrogens (tertiary/aromatic N) is 2. The van der Waals surface area contributed by atoms with Crippen molar-refractivity contribution in [1.29, 1.82) is 0 Å². The Balaban J connectivity index is 2.48. The van der Waals surface area contributed by atoms with Crippen molar-refractivity contribution in [3.8, 4) is 0 Å². The maximum Gasteiger partial charge on any atom is 0.137 e. The number of para-hydroxylation sites is 1. The van der Waals surface area contributed by atoms with Crippen molar-refractivity contribution in [1.82, 2.24) is 0 Å². The molecule has 0 fully saturated rings. The smallest absolute Gasteiger partial charge is 0.137 e. The van der Waals surface area contributed by atoms with E-state index in [2.05, 4.69) is 5.11 Å². The number of furan rings is 1. The number of hydrogen-bond donors (Lipinski definition) is 0. The van der Waals surface area contributed by atoms with Crippen molar-refractivity contribution in [3.05, 3.63) is 48.0 Å². The Labute approximate surface area is 85.8 Å². The van der Waals surface area contributed by atoms with Crippen LogP contribution in [0.15, 0.2) is 52.0 Å². The Morgan fingerprint density at radius 3 is 2.60 bits per heavy atom. The molecule has 0 atom stereocenters. The minimum atomic E-state index is 0.501. The lowest BCUT2D eigenvalue weighted by molar-refractivity contribution is 0.669. The highest BCUT2D eigenvalue weighted by molar-refractivity contribution is 6.05. The van der Waals surface area contributed by atoms with Crippen LogP contribution in [0.1, 0.15) is 0 Å². The fourth-order valence-electron chi connectivity index (χ4n) is 1.78. The van der Waals surface area contributed by atoms with Gasteiger partial charge in [0.2, 0.25) is 0 Å². The van der Waals surface area contributed by atoms with E-state index in [1.54, 1.807) is 12.1 Å². The van der Waals surface area contributed by atoms with Crippen LogP contribution in [0.5, 0.6) is 0 Å². The van der Waals surface area contributed by atoms with Crippen molar-refractivity contribution in [3.63, 3.8) is 0 Å². The van der Waals surface area contributed by atoms with E-state index in [9.17, 15) is 0 Å². The van der Waals surface area contributed by atoms with E-state index in [-0.39, 0.29) is 0 Å². The molecule has 3 aromatic rings. The molecular formula is C12H7N2O-. The van der Waals surface area contributed by atoms with Gasteiger partial charge in [-0.1, -0.05) is 18.2 Å². The second kappa shape index (κ2) is 2.92. The van der Waals surface area contributed by atoms with Gasteiger partial charge < -0.3 is 15.1 Å². The third kappa shape index (κ3) is 1.13. The summed E-state index contributed by atoms with van der Waals surface area (Å²) in [6, 6.07) is 13.2. The third-order valence-electron chi connectivity index (χ3n) is 2.48. The molecule has 0 aliphatic rings. The van der Waals surface area contributed by atoms with Crippen molar-refractivity contribution >= 4 is 27.6 Å². The number of hydrogen-bond acceptors (Lipinski definition) is 2. The quantitative estimate of drug-likeness (QED) is 0.535. The van der Waals surface area contributed by atoms with E-state index in [1.165, 1.54) is 0 Å². The van der Waals surface area contributed by atoms with Gasteiger partial charge in [0, 0.05) is 22.5 Å². The molecule has 0 radical (unpaired) electrons. The van der Waals surface area contributed by atoms with Gasteiger partial charge in [-0.25, -0.2) is 0 Å². The van der Waals surface area contributed by atoms with Gasteiger partial charge in [0.15, 0.2) is 0 Å². The van der Waals surface area contributed by atoms with Crippen molar-refractivity contribution in [2.45, 2.75) is 0 Å². The first-order chi connectivity index (χ1) is 7.38. The molecule has 0 N–H and O–H groups in total. The van der Waals surface area contributed by atoms with Gasteiger partial charge in [0.05, 0.1) is 0 Å². The molecule has 0 spiro atoms. The molecule has 0 aliphatic heterocycles. The van der Waals surface area contributed by atoms with E-state index in [0.29, 0.717) is 5.69 Å². The topological polar surface area (TPSA) is 47.8 Å². The average molecular weight is 195 g/mol. The van der Waals surface area contributed by atoms with Crippen LogP contribution in [-0.4, -0.2) is 0 Å². The van der Waals surface area contributed by atoms with Crippen LogP contribution in [0.2, 0.25) is 0 Å². The fraction of sp³-hybridized carbons (Fsp3) is 0. The first-order valence-electron chi connectivity index (χ1n) is 4.65. The molecule has 1 heterocycles. The van der Waals surface area contributed by atoms with Crippen LogP contribution in [0.25, 0.3) is 27.5 Å². The largest absolute Gasteiger partial charge is 0.706 e. The summed E-state index contributed by atoms with van der Waals surface area (Å²) in [7, 11) is 0. The van der Waals surface area contributed by atoms with E-state index in [4.69, 9.17) is 9.95 Å². The summed E-state index contributed by atoms with van der Waals surface area (Å²) in [5.74, 6) is 0. The summed E-state index contributed by atoms with van der Waals surface area (Å²) in [5, 5.41) is 5.25.